The van der Waals surface area contributed by atoms with Gasteiger partial charge in [0, 0.05) is 44.0 Å². The first-order valence-corrected chi connectivity index (χ1v) is 20.6. The Hall–Kier alpha value is -1.05. The summed E-state index contributed by atoms with van der Waals surface area (Å²) in [6.45, 7) is 16.3. The standard InChI is InChI=1S/C41H79N3O12/c1-17-29-41(50,21-42(10)11)34(46)24(4)31(44(14)15)22(2)19-39(8,49)36(56-38-32(45)28(43(12)13)18-23(3)52-38)25(5)33(26(6)37(48)54-29)55-30-20-40(9,51-16)35(47)27(7)53-30/h22-36,38,45-47,49-50H,17-21H2,1-16H3/t22-,23-,24-,25+,26-,27+,28+,29+,30+,31-,32-,33+,34-,35+,36-,38+,39+,40-,41-/m1/s1. The van der Waals surface area contributed by atoms with Crippen LogP contribution < -0.4 is 0 Å². The van der Waals surface area contributed by atoms with Gasteiger partial charge in [0.2, 0.25) is 0 Å². The Kier molecular flexibility index (Phi) is 17.2. The number of aliphatic hydroxyl groups is 5. The molecule has 3 saturated heterocycles. The van der Waals surface area contributed by atoms with Crippen LogP contribution >= 0.6 is 0 Å². The molecule has 15 nitrogen and oxygen atoms in total. The number of ether oxygens (including phenoxy) is 6. The smallest absolute Gasteiger partial charge is 0.311 e. The monoisotopic (exact) mass is 806 g/mol. The molecular weight excluding hydrogens is 726 g/mol. The summed E-state index contributed by atoms with van der Waals surface area (Å²) in [5.41, 5.74) is -4.53. The van der Waals surface area contributed by atoms with Crippen molar-refractivity contribution in [1.82, 2.24) is 14.7 Å². The molecule has 0 unspecified atom stereocenters. The van der Waals surface area contributed by atoms with Crippen LogP contribution in [0.2, 0.25) is 0 Å². The SMILES string of the molecule is CC[C@@H]1OC(=O)[C@H](C)[C@@H](O[C@H]2C[C@@](C)(OC)[C@@H](O)[C@H](C)O2)[C@H](C)[C@@H](O[C@@H]2O[C@H](C)C[C@H](N(C)C)[C@H]2O)[C@@](C)(O)C[C@@H](C)[C@@H](N(C)C)[C@@H](C)[C@@H](O)[C@@]1(O)CN(C)C. The first-order chi connectivity index (χ1) is 25.8. The van der Waals surface area contributed by atoms with E-state index in [1.807, 2.05) is 65.7 Å². The molecule has 3 heterocycles. The lowest BCUT2D eigenvalue weighted by molar-refractivity contribution is -0.318. The molecular formula is C41H79N3O12. The minimum Gasteiger partial charge on any atom is -0.459 e. The zero-order chi connectivity index (χ0) is 42.8. The van der Waals surface area contributed by atoms with E-state index in [2.05, 4.69) is 0 Å². The van der Waals surface area contributed by atoms with E-state index in [0.717, 1.165) is 0 Å². The maximum atomic E-state index is 14.5. The molecule has 3 fully saturated rings. The summed E-state index contributed by atoms with van der Waals surface area (Å²) in [4.78, 5) is 20.2. The average Bonchev–Trinajstić information content (AvgIpc) is 3.09. The molecule has 3 rings (SSSR count). The third-order valence-electron chi connectivity index (χ3n) is 13.0. The number of esters is 1. The van der Waals surface area contributed by atoms with Gasteiger partial charge in [-0.1, -0.05) is 27.7 Å². The van der Waals surface area contributed by atoms with E-state index in [-0.39, 0.29) is 49.9 Å². The second-order valence-corrected chi connectivity index (χ2v) is 18.7. The zero-order valence-electron chi connectivity index (χ0n) is 37.2. The largest absolute Gasteiger partial charge is 0.459 e. The van der Waals surface area contributed by atoms with Crippen LogP contribution in [0.4, 0.5) is 0 Å². The molecule has 0 aliphatic carbocycles. The molecule has 3 aliphatic rings. The molecule has 3 aliphatic heterocycles. The molecule has 56 heavy (non-hydrogen) atoms. The zero-order valence-corrected chi connectivity index (χ0v) is 37.2. The van der Waals surface area contributed by atoms with Gasteiger partial charge in [0.1, 0.15) is 23.9 Å². The van der Waals surface area contributed by atoms with Gasteiger partial charge in [-0.15, -0.1) is 0 Å². The third-order valence-corrected chi connectivity index (χ3v) is 13.0. The van der Waals surface area contributed by atoms with Crippen LogP contribution in [0.25, 0.3) is 0 Å². The second kappa shape index (κ2) is 19.6. The van der Waals surface area contributed by atoms with Gasteiger partial charge in [0.15, 0.2) is 12.6 Å². The molecule has 0 amide bonds. The summed E-state index contributed by atoms with van der Waals surface area (Å²) >= 11 is 0. The Morgan fingerprint density at radius 2 is 1.45 bits per heavy atom. The third kappa shape index (κ3) is 10.8. The van der Waals surface area contributed by atoms with Gasteiger partial charge in [-0.3, -0.25) is 4.79 Å². The molecule has 19 atom stereocenters. The van der Waals surface area contributed by atoms with Crippen molar-refractivity contribution >= 4 is 5.97 Å². The summed E-state index contributed by atoms with van der Waals surface area (Å²) in [6.07, 6.45) is -8.54. The first-order valence-electron chi connectivity index (χ1n) is 20.6. The highest BCUT2D eigenvalue weighted by atomic mass is 16.7. The number of rotatable bonds is 10. The van der Waals surface area contributed by atoms with E-state index in [0.29, 0.717) is 6.42 Å². The average molecular weight is 806 g/mol. The van der Waals surface area contributed by atoms with Crippen LogP contribution in [-0.2, 0) is 33.2 Å². The van der Waals surface area contributed by atoms with Gasteiger partial charge >= 0.3 is 5.97 Å². The molecule has 5 N–H and O–H groups in total. The number of methoxy groups -OCH3 is 1. The quantitative estimate of drug-likeness (QED) is 0.201. The molecule has 0 radical (unpaired) electrons. The van der Waals surface area contributed by atoms with E-state index in [9.17, 15) is 30.3 Å². The lowest BCUT2D eigenvalue weighted by atomic mass is 9.71. The molecule has 0 aromatic carbocycles. The van der Waals surface area contributed by atoms with Gasteiger partial charge in [0.05, 0.1) is 47.6 Å². The van der Waals surface area contributed by atoms with Crippen molar-refractivity contribution in [1.29, 1.82) is 0 Å². The van der Waals surface area contributed by atoms with Gasteiger partial charge in [-0.2, -0.15) is 0 Å². The van der Waals surface area contributed by atoms with Crippen molar-refractivity contribution < 1.29 is 58.7 Å². The highest BCUT2D eigenvalue weighted by Crippen LogP contribution is 2.42. The number of carbonyl (C=O) groups is 1. The van der Waals surface area contributed by atoms with Crippen molar-refractivity contribution in [3.63, 3.8) is 0 Å². The molecule has 0 aromatic heterocycles. The Morgan fingerprint density at radius 1 is 0.839 bits per heavy atom. The highest BCUT2D eigenvalue weighted by Gasteiger charge is 2.55. The van der Waals surface area contributed by atoms with Crippen LogP contribution in [0, 0.1) is 23.7 Å². The fraction of sp³-hybridized carbons (Fsp3) is 0.976. The van der Waals surface area contributed by atoms with Crippen molar-refractivity contribution in [2.45, 2.75) is 178 Å². The molecule has 0 aromatic rings. The van der Waals surface area contributed by atoms with E-state index in [1.54, 1.807) is 53.6 Å². The number of hydrogen-bond acceptors (Lipinski definition) is 15. The Labute approximate surface area is 336 Å². The molecule has 0 saturated carbocycles. The lowest BCUT2D eigenvalue weighted by Gasteiger charge is -2.50. The molecule has 330 valence electrons. The fourth-order valence-electron chi connectivity index (χ4n) is 10.1. The lowest BCUT2D eigenvalue weighted by Crippen LogP contribution is -2.64. The maximum absolute atomic E-state index is 14.5. The summed E-state index contributed by atoms with van der Waals surface area (Å²) in [5.74, 6) is -3.32. The van der Waals surface area contributed by atoms with E-state index >= 15 is 0 Å². The Morgan fingerprint density at radius 3 is 1.96 bits per heavy atom. The van der Waals surface area contributed by atoms with Gasteiger partial charge in [-0.25, -0.2) is 0 Å². The summed E-state index contributed by atoms with van der Waals surface area (Å²) in [5, 5.41) is 60.1. The van der Waals surface area contributed by atoms with Gasteiger partial charge in [0.25, 0.3) is 0 Å². The van der Waals surface area contributed by atoms with Crippen LogP contribution in [0.15, 0.2) is 0 Å². The minimum absolute atomic E-state index is 0.0129. The fourth-order valence-corrected chi connectivity index (χ4v) is 10.1. The molecule has 0 bridgehead atoms. The number of cyclic esters (lactones) is 1. The topological polar surface area (TPSA) is 183 Å². The number of aliphatic hydroxyl groups excluding tert-OH is 3. The van der Waals surface area contributed by atoms with Crippen molar-refractivity contribution in [3.8, 4) is 0 Å². The van der Waals surface area contributed by atoms with Crippen LogP contribution in [0.1, 0.15) is 88.0 Å². The second-order valence-electron chi connectivity index (χ2n) is 18.7. The van der Waals surface area contributed by atoms with E-state index in [1.165, 1.54) is 7.11 Å². The summed E-state index contributed by atoms with van der Waals surface area (Å²) < 4.78 is 38.0. The molecule has 0 spiro atoms. The van der Waals surface area contributed by atoms with Gasteiger partial charge < -0.3 is 68.7 Å². The summed E-state index contributed by atoms with van der Waals surface area (Å²) in [6, 6.07) is -0.654. The Balaban J connectivity index is 2.27. The highest BCUT2D eigenvalue weighted by molar-refractivity contribution is 5.73. The number of likely N-dealkylation sites (N-methyl/N-ethyl adjacent to an activating group) is 2. The van der Waals surface area contributed by atoms with Crippen molar-refractivity contribution in [2.75, 3.05) is 55.9 Å². The van der Waals surface area contributed by atoms with Gasteiger partial charge in [-0.05, 0) is 102 Å². The van der Waals surface area contributed by atoms with Crippen LogP contribution in [0.5, 0.6) is 0 Å². The normalized spacial score (nSPS) is 47.9. The van der Waals surface area contributed by atoms with Crippen LogP contribution in [-0.4, -0.2) is 192 Å². The number of carbonyl (C=O) groups excluding carboxylic acids is 1. The summed E-state index contributed by atoms with van der Waals surface area (Å²) in [7, 11) is 12.7. The van der Waals surface area contributed by atoms with Crippen LogP contribution in [0.3, 0.4) is 0 Å². The minimum atomic E-state index is -1.87. The molecule has 15 heteroatoms. The van der Waals surface area contributed by atoms with E-state index < -0.39 is 95.8 Å². The van der Waals surface area contributed by atoms with Crippen molar-refractivity contribution in [3.05, 3.63) is 0 Å². The predicted octanol–water partition coefficient (Wildman–Crippen LogP) is 1.69. The predicted molar refractivity (Wildman–Crippen MR) is 212 cm³/mol. The first kappa shape index (κ1) is 49.3. The van der Waals surface area contributed by atoms with Crippen molar-refractivity contribution in [2.24, 2.45) is 23.7 Å². The van der Waals surface area contributed by atoms with E-state index in [4.69, 9.17) is 28.4 Å². The maximum Gasteiger partial charge on any atom is 0.311 e. The number of nitrogens with zero attached hydrogens (tertiary/aromatic N) is 3. The number of hydrogen-bond donors (Lipinski definition) is 5. The Bertz CT molecular complexity index is 1240.